The van der Waals surface area contributed by atoms with E-state index in [1.54, 1.807) is 12.1 Å². The first-order chi connectivity index (χ1) is 7.77. The third-order valence-electron chi connectivity index (χ3n) is 2.43. The molecule has 0 fully saturated rings. The standard InChI is InChI=1S/C13H18ClFO/c1-2-3-10-16-13(8-9-14)11-4-6-12(15)7-5-11/h4-7,13H,2-3,8-10H2,1H3/t13-/m0/s1. The molecular formula is C13H18ClFO. The third kappa shape index (κ3) is 4.50. The van der Waals surface area contributed by atoms with E-state index in [-0.39, 0.29) is 11.9 Å². The highest BCUT2D eigenvalue weighted by Crippen LogP contribution is 2.22. The molecular weight excluding hydrogens is 227 g/mol. The quantitative estimate of drug-likeness (QED) is 0.513. The molecule has 0 amide bonds. The second-order valence-electron chi connectivity index (χ2n) is 3.74. The van der Waals surface area contributed by atoms with Gasteiger partial charge in [0.25, 0.3) is 0 Å². The van der Waals surface area contributed by atoms with Crippen LogP contribution in [0.2, 0.25) is 0 Å². The number of halogens is 2. The summed E-state index contributed by atoms with van der Waals surface area (Å²) in [5.41, 5.74) is 0.998. The van der Waals surface area contributed by atoms with Crippen LogP contribution < -0.4 is 0 Å². The number of hydrogen-bond donors (Lipinski definition) is 0. The highest BCUT2D eigenvalue weighted by molar-refractivity contribution is 6.17. The zero-order valence-electron chi connectivity index (χ0n) is 9.59. The lowest BCUT2D eigenvalue weighted by Gasteiger charge is -2.17. The van der Waals surface area contributed by atoms with Crippen LogP contribution in [0.25, 0.3) is 0 Å². The van der Waals surface area contributed by atoms with Crippen LogP contribution in [0.4, 0.5) is 4.39 Å². The van der Waals surface area contributed by atoms with Crippen molar-refractivity contribution in [3.8, 4) is 0 Å². The van der Waals surface area contributed by atoms with E-state index < -0.39 is 0 Å². The smallest absolute Gasteiger partial charge is 0.123 e. The minimum atomic E-state index is -0.220. The summed E-state index contributed by atoms with van der Waals surface area (Å²) in [4.78, 5) is 0. The number of alkyl halides is 1. The molecule has 1 nitrogen and oxygen atoms in total. The van der Waals surface area contributed by atoms with Crippen molar-refractivity contribution in [2.24, 2.45) is 0 Å². The largest absolute Gasteiger partial charge is 0.373 e. The summed E-state index contributed by atoms with van der Waals surface area (Å²) in [7, 11) is 0. The van der Waals surface area contributed by atoms with Crippen LogP contribution in [0.3, 0.4) is 0 Å². The Morgan fingerprint density at radius 3 is 2.56 bits per heavy atom. The molecule has 90 valence electrons. The lowest BCUT2D eigenvalue weighted by atomic mass is 10.1. The minimum Gasteiger partial charge on any atom is -0.373 e. The van der Waals surface area contributed by atoms with Gasteiger partial charge < -0.3 is 4.74 Å². The van der Waals surface area contributed by atoms with E-state index >= 15 is 0 Å². The van der Waals surface area contributed by atoms with E-state index in [4.69, 9.17) is 16.3 Å². The van der Waals surface area contributed by atoms with Gasteiger partial charge in [0.2, 0.25) is 0 Å². The molecule has 0 aliphatic heterocycles. The van der Waals surface area contributed by atoms with Gasteiger partial charge in [-0.05, 0) is 30.5 Å². The number of unbranched alkanes of at least 4 members (excludes halogenated alkanes) is 1. The Bertz CT molecular complexity index is 286. The molecule has 3 heteroatoms. The first-order valence-corrected chi connectivity index (χ1v) is 6.24. The SMILES string of the molecule is CCCCO[C@@H](CCCl)c1ccc(F)cc1. The Morgan fingerprint density at radius 1 is 1.31 bits per heavy atom. The Morgan fingerprint density at radius 2 is 2.00 bits per heavy atom. The van der Waals surface area contributed by atoms with Gasteiger partial charge >= 0.3 is 0 Å². The molecule has 0 saturated heterocycles. The van der Waals surface area contributed by atoms with Crippen molar-refractivity contribution in [3.63, 3.8) is 0 Å². The maximum Gasteiger partial charge on any atom is 0.123 e. The van der Waals surface area contributed by atoms with E-state index in [1.165, 1.54) is 12.1 Å². The zero-order chi connectivity index (χ0) is 11.8. The topological polar surface area (TPSA) is 9.23 Å². The van der Waals surface area contributed by atoms with Crippen molar-refractivity contribution in [2.45, 2.75) is 32.3 Å². The molecule has 0 saturated carbocycles. The molecule has 0 aromatic heterocycles. The molecule has 1 rings (SSSR count). The van der Waals surface area contributed by atoms with Crippen molar-refractivity contribution in [2.75, 3.05) is 12.5 Å². The highest BCUT2D eigenvalue weighted by atomic mass is 35.5. The molecule has 0 heterocycles. The minimum absolute atomic E-state index is 0.00958. The molecule has 0 bridgehead atoms. The third-order valence-corrected chi connectivity index (χ3v) is 2.65. The predicted molar refractivity (Wildman–Crippen MR) is 65.3 cm³/mol. The van der Waals surface area contributed by atoms with Gasteiger partial charge in [0.15, 0.2) is 0 Å². The molecule has 0 aliphatic rings. The molecule has 0 aliphatic carbocycles. The van der Waals surface area contributed by atoms with Gasteiger partial charge in [-0.25, -0.2) is 4.39 Å². The van der Waals surface area contributed by atoms with Crippen LogP contribution in [0, 0.1) is 5.82 Å². The van der Waals surface area contributed by atoms with Crippen molar-refractivity contribution in [1.29, 1.82) is 0 Å². The Balaban J connectivity index is 2.57. The van der Waals surface area contributed by atoms with Gasteiger partial charge in [0.05, 0.1) is 6.10 Å². The van der Waals surface area contributed by atoms with Crippen molar-refractivity contribution < 1.29 is 9.13 Å². The first kappa shape index (κ1) is 13.5. The van der Waals surface area contributed by atoms with Crippen molar-refractivity contribution in [3.05, 3.63) is 35.6 Å². The average Bonchev–Trinajstić information content (AvgIpc) is 2.29. The van der Waals surface area contributed by atoms with E-state index in [0.717, 1.165) is 31.4 Å². The average molecular weight is 245 g/mol. The fourth-order valence-corrected chi connectivity index (χ4v) is 1.69. The summed E-state index contributed by atoms with van der Waals surface area (Å²) in [5.74, 6) is 0.329. The second kappa shape index (κ2) is 7.64. The lowest BCUT2D eigenvalue weighted by molar-refractivity contribution is 0.0486. The maximum atomic E-state index is 12.8. The summed E-state index contributed by atoms with van der Waals surface area (Å²) in [5, 5.41) is 0. The van der Waals surface area contributed by atoms with Gasteiger partial charge in [-0.3, -0.25) is 0 Å². The Hall–Kier alpha value is -0.600. The monoisotopic (exact) mass is 244 g/mol. The molecule has 16 heavy (non-hydrogen) atoms. The van der Waals surface area contributed by atoms with Crippen LogP contribution in [-0.2, 0) is 4.74 Å². The number of rotatable bonds is 7. The van der Waals surface area contributed by atoms with Gasteiger partial charge in [-0.15, -0.1) is 11.6 Å². The molecule has 0 N–H and O–H groups in total. The normalized spacial score (nSPS) is 12.7. The molecule has 1 aromatic rings. The molecule has 1 atom stereocenters. The second-order valence-corrected chi connectivity index (χ2v) is 4.12. The summed E-state index contributed by atoms with van der Waals surface area (Å²) < 4.78 is 18.5. The van der Waals surface area contributed by atoms with Gasteiger partial charge in [0.1, 0.15) is 5.82 Å². The van der Waals surface area contributed by atoms with Crippen molar-refractivity contribution >= 4 is 11.6 Å². The molecule has 0 unspecified atom stereocenters. The van der Waals surface area contributed by atoms with Crippen LogP contribution in [0.15, 0.2) is 24.3 Å². The van der Waals surface area contributed by atoms with E-state index in [0.29, 0.717) is 5.88 Å². The van der Waals surface area contributed by atoms with E-state index in [2.05, 4.69) is 6.92 Å². The fraction of sp³-hybridized carbons (Fsp3) is 0.538. The van der Waals surface area contributed by atoms with Gasteiger partial charge in [0, 0.05) is 12.5 Å². The number of benzene rings is 1. The van der Waals surface area contributed by atoms with E-state index in [1.807, 2.05) is 0 Å². The first-order valence-electron chi connectivity index (χ1n) is 5.71. The Kier molecular flexibility index (Phi) is 6.43. The lowest BCUT2D eigenvalue weighted by Crippen LogP contribution is -2.06. The molecule has 0 radical (unpaired) electrons. The highest BCUT2D eigenvalue weighted by Gasteiger charge is 2.11. The Labute approximate surface area is 102 Å². The van der Waals surface area contributed by atoms with Crippen LogP contribution in [0.5, 0.6) is 0 Å². The summed E-state index contributed by atoms with van der Waals surface area (Å²) in [6, 6.07) is 6.44. The zero-order valence-corrected chi connectivity index (χ0v) is 10.3. The van der Waals surface area contributed by atoms with E-state index in [9.17, 15) is 4.39 Å². The van der Waals surface area contributed by atoms with Crippen molar-refractivity contribution in [1.82, 2.24) is 0 Å². The summed E-state index contributed by atoms with van der Waals surface area (Å²) in [6.45, 7) is 2.85. The fourth-order valence-electron chi connectivity index (χ4n) is 1.49. The van der Waals surface area contributed by atoms with Crippen LogP contribution in [-0.4, -0.2) is 12.5 Å². The molecule has 0 spiro atoms. The summed E-state index contributed by atoms with van der Waals surface area (Å²) >= 11 is 5.74. The number of hydrogen-bond acceptors (Lipinski definition) is 1. The summed E-state index contributed by atoms with van der Waals surface area (Å²) in [6.07, 6.45) is 2.90. The van der Waals surface area contributed by atoms with Gasteiger partial charge in [-0.2, -0.15) is 0 Å². The van der Waals surface area contributed by atoms with Crippen LogP contribution in [0.1, 0.15) is 37.9 Å². The number of ether oxygens (including phenoxy) is 1. The van der Waals surface area contributed by atoms with Crippen LogP contribution >= 0.6 is 11.6 Å². The van der Waals surface area contributed by atoms with Gasteiger partial charge in [-0.1, -0.05) is 25.5 Å². The predicted octanol–water partition coefficient (Wildman–Crippen LogP) is 4.31. The maximum absolute atomic E-state index is 12.8. The molecule has 1 aromatic carbocycles.